The lowest BCUT2D eigenvalue weighted by atomic mass is 9.96. The summed E-state index contributed by atoms with van der Waals surface area (Å²) in [5, 5.41) is 13.4. The molecule has 2 aliphatic heterocycles. The Morgan fingerprint density at radius 1 is 1.26 bits per heavy atom. The average Bonchev–Trinajstić information content (AvgIpc) is 2.81. The van der Waals surface area contributed by atoms with E-state index < -0.39 is 28.3 Å². The SMILES string of the molecule is O=C(C[C@H]1CC[C@@H]2[C@H](COC[C@H](O)CN2S(=O)(=O)c2cccc(Cl)c2)O1)NCc1ccncn1. The van der Waals surface area contributed by atoms with Crippen LogP contribution in [0.4, 0.5) is 0 Å². The van der Waals surface area contributed by atoms with Gasteiger partial charge in [-0.05, 0) is 37.1 Å². The molecule has 1 aromatic heterocycles. The summed E-state index contributed by atoms with van der Waals surface area (Å²) >= 11 is 6.02. The third-order valence-corrected chi connectivity index (χ3v) is 7.98. The van der Waals surface area contributed by atoms with Gasteiger partial charge in [-0.15, -0.1) is 0 Å². The first-order valence-electron chi connectivity index (χ1n) is 11.0. The number of aromatic nitrogens is 2. The van der Waals surface area contributed by atoms with E-state index in [1.54, 1.807) is 24.4 Å². The zero-order chi connectivity index (χ0) is 24.1. The quantitative estimate of drug-likeness (QED) is 0.591. The number of benzene rings is 1. The van der Waals surface area contributed by atoms with Crippen molar-refractivity contribution in [2.24, 2.45) is 0 Å². The molecule has 0 saturated carbocycles. The fourth-order valence-corrected chi connectivity index (χ4v) is 6.24. The summed E-state index contributed by atoms with van der Waals surface area (Å²) in [5.41, 5.74) is 0.696. The van der Waals surface area contributed by atoms with Crippen LogP contribution in [0.5, 0.6) is 0 Å². The van der Waals surface area contributed by atoms with Crippen LogP contribution in [0.15, 0.2) is 47.8 Å². The number of sulfonamides is 1. The van der Waals surface area contributed by atoms with Crippen LogP contribution >= 0.6 is 11.6 Å². The largest absolute Gasteiger partial charge is 0.389 e. The Hall–Kier alpha value is -2.15. The molecule has 1 aromatic carbocycles. The van der Waals surface area contributed by atoms with Crippen LogP contribution in [-0.2, 0) is 30.8 Å². The Bertz CT molecular complexity index is 1090. The lowest BCUT2D eigenvalue weighted by molar-refractivity contribution is -0.146. The number of fused-ring (bicyclic) bond motifs is 1. The second-order valence-electron chi connectivity index (χ2n) is 8.35. The molecule has 0 unspecified atom stereocenters. The highest BCUT2D eigenvalue weighted by atomic mass is 35.5. The van der Waals surface area contributed by atoms with E-state index in [1.165, 1.54) is 22.8 Å². The fraction of sp³-hybridized carbons (Fsp3) is 0.500. The molecule has 2 N–H and O–H groups in total. The lowest BCUT2D eigenvalue weighted by Gasteiger charge is -2.43. The van der Waals surface area contributed by atoms with Gasteiger partial charge >= 0.3 is 0 Å². The number of aliphatic hydroxyl groups excluding tert-OH is 1. The molecule has 12 heteroatoms. The number of aliphatic hydroxyl groups is 1. The van der Waals surface area contributed by atoms with Crippen LogP contribution in [0.25, 0.3) is 0 Å². The van der Waals surface area contributed by atoms with Crippen LogP contribution < -0.4 is 5.32 Å². The summed E-state index contributed by atoms with van der Waals surface area (Å²) in [6.45, 7) is 0.261. The highest BCUT2D eigenvalue weighted by molar-refractivity contribution is 7.89. The molecule has 0 bridgehead atoms. The minimum absolute atomic E-state index is 0.0156. The number of nitrogens with one attached hydrogen (secondary N) is 1. The van der Waals surface area contributed by atoms with Gasteiger partial charge in [0, 0.05) is 17.8 Å². The summed E-state index contributed by atoms with van der Waals surface area (Å²) in [7, 11) is -3.95. The van der Waals surface area contributed by atoms with Crippen molar-refractivity contribution in [2.45, 2.75) is 55.1 Å². The first kappa shape index (κ1) is 25.0. The smallest absolute Gasteiger partial charge is 0.243 e. The Kier molecular flexibility index (Phi) is 8.12. The van der Waals surface area contributed by atoms with Crippen molar-refractivity contribution >= 4 is 27.5 Å². The lowest BCUT2D eigenvalue weighted by Crippen LogP contribution is -2.57. The van der Waals surface area contributed by atoms with Gasteiger partial charge in [-0.1, -0.05) is 17.7 Å². The van der Waals surface area contributed by atoms with E-state index in [2.05, 4.69) is 15.3 Å². The Labute approximate surface area is 203 Å². The van der Waals surface area contributed by atoms with Gasteiger partial charge in [0.25, 0.3) is 0 Å². The van der Waals surface area contributed by atoms with Gasteiger partial charge in [0.15, 0.2) is 0 Å². The number of nitrogens with zero attached hydrogens (tertiary/aromatic N) is 3. The number of carbonyl (C=O) groups is 1. The van der Waals surface area contributed by atoms with E-state index in [4.69, 9.17) is 21.1 Å². The predicted octanol–water partition coefficient (Wildman–Crippen LogP) is 1.13. The standard InChI is InChI=1S/C22H27ClN4O6S/c23-15-2-1-3-19(8-15)34(30,31)27-11-17(28)12-32-13-21-20(27)5-4-18(33-21)9-22(29)25-10-16-6-7-24-14-26-16/h1-3,6-8,14,17-18,20-21,28H,4-5,9-13H2,(H,25,29)/t17-,18-,20-,21+/m1/s1. The molecule has 34 heavy (non-hydrogen) atoms. The molecular formula is C22H27ClN4O6S. The first-order chi connectivity index (χ1) is 16.3. The van der Waals surface area contributed by atoms with Gasteiger partial charge in [0.05, 0.1) is 61.1 Å². The number of ether oxygens (including phenoxy) is 2. The van der Waals surface area contributed by atoms with Crippen LogP contribution in [0.2, 0.25) is 5.02 Å². The Morgan fingerprint density at radius 3 is 2.88 bits per heavy atom. The highest BCUT2D eigenvalue weighted by Crippen LogP contribution is 2.32. The van der Waals surface area contributed by atoms with E-state index in [1.807, 2.05) is 0 Å². The summed E-state index contributed by atoms with van der Waals surface area (Å²) in [6, 6.07) is 7.22. The molecule has 184 valence electrons. The summed E-state index contributed by atoms with van der Waals surface area (Å²) in [5.74, 6) is -0.187. The van der Waals surface area contributed by atoms with E-state index in [9.17, 15) is 18.3 Å². The normalized spacial score (nSPS) is 26.2. The van der Waals surface area contributed by atoms with E-state index in [0.29, 0.717) is 23.6 Å². The average molecular weight is 511 g/mol. The maximum absolute atomic E-state index is 13.5. The number of hydrogen-bond acceptors (Lipinski definition) is 8. The number of amides is 1. The van der Waals surface area contributed by atoms with Crippen molar-refractivity contribution in [1.82, 2.24) is 19.6 Å². The summed E-state index contributed by atoms with van der Waals surface area (Å²) < 4.78 is 39.9. The van der Waals surface area contributed by atoms with Gasteiger partial charge in [0.1, 0.15) is 6.33 Å². The van der Waals surface area contributed by atoms with Crippen LogP contribution in [0.1, 0.15) is 25.0 Å². The minimum Gasteiger partial charge on any atom is -0.389 e. The molecule has 1 amide bonds. The molecule has 2 fully saturated rings. The second-order valence-corrected chi connectivity index (χ2v) is 10.7. The maximum atomic E-state index is 13.5. The third-order valence-electron chi connectivity index (χ3n) is 5.86. The van der Waals surface area contributed by atoms with Crippen molar-refractivity contribution in [3.8, 4) is 0 Å². The molecule has 0 spiro atoms. The van der Waals surface area contributed by atoms with E-state index in [-0.39, 0.29) is 49.6 Å². The maximum Gasteiger partial charge on any atom is 0.243 e. The molecule has 10 nitrogen and oxygen atoms in total. The third kappa shape index (κ3) is 6.09. The molecule has 0 aliphatic carbocycles. The zero-order valence-corrected chi connectivity index (χ0v) is 20.0. The number of rotatable bonds is 6. The Balaban J connectivity index is 1.44. The van der Waals surface area contributed by atoms with Gasteiger partial charge in [-0.25, -0.2) is 18.4 Å². The first-order valence-corrected chi connectivity index (χ1v) is 12.8. The molecule has 2 aliphatic rings. The van der Waals surface area contributed by atoms with E-state index in [0.717, 1.165) is 0 Å². The van der Waals surface area contributed by atoms with Crippen molar-refractivity contribution in [3.63, 3.8) is 0 Å². The van der Waals surface area contributed by atoms with Crippen molar-refractivity contribution in [1.29, 1.82) is 0 Å². The molecule has 2 saturated heterocycles. The zero-order valence-electron chi connectivity index (χ0n) is 18.4. The summed E-state index contributed by atoms with van der Waals surface area (Å²) in [4.78, 5) is 20.4. The molecule has 3 heterocycles. The van der Waals surface area contributed by atoms with Crippen LogP contribution in [-0.4, -0.2) is 77.8 Å². The van der Waals surface area contributed by atoms with Gasteiger partial charge < -0.3 is 19.9 Å². The molecule has 0 radical (unpaired) electrons. The van der Waals surface area contributed by atoms with Crippen molar-refractivity contribution in [2.75, 3.05) is 19.8 Å². The fourth-order valence-electron chi connectivity index (χ4n) is 4.22. The number of hydrogen-bond donors (Lipinski definition) is 2. The molecule has 4 rings (SSSR count). The molecule has 4 atom stereocenters. The number of halogens is 1. The molecule has 2 aromatic rings. The van der Waals surface area contributed by atoms with Crippen molar-refractivity contribution < 1.29 is 27.8 Å². The summed E-state index contributed by atoms with van der Waals surface area (Å²) in [6.07, 6.45) is 2.18. The predicted molar refractivity (Wildman–Crippen MR) is 122 cm³/mol. The topological polar surface area (TPSA) is 131 Å². The number of β-amino-alcohol motifs (C(OH)–C–C–N with tert-alkyl or cyclic N) is 1. The Morgan fingerprint density at radius 2 is 2.12 bits per heavy atom. The van der Waals surface area contributed by atoms with Gasteiger partial charge in [-0.2, -0.15) is 4.31 Å². The van der Waals surface area contributed by atoms with Crippen LogP contribution in [0, 0.1) is 0 Å². The highest BCUT2D eigenvalue weighted by Gasteiger charge is 2.43. The van der Waals surface area contributed by atoms with E-state index >= 15 is 0 Å². The van der Waals surface area contributed by atoms with Gasteiger partial charge in [0.2, 0.25) is 15.9 Å². The van der Waals surface area contributed by atoms with Crippen molar-refractivity contribution in [3.05, 3.63) is 53.6 Å². The monoisotopic (exact) mass is 510 g/mol. The van der Waals surface area contributed by atoms with Gasteiger partial charge in [-0.3, -0.25) is 4.79 Å². The molecular weight excluding hydrogens is 484 g/mol. The number of carbonyl (C=O) groups excluding carboxylic acids is 1. The minimum atomic E-state index is -3.95. The van der Waals surface area contributed by atoms with Crippen LogP contribution in [0.3, 0.4) is 0 Å². The second kappa shape index (κ2) is 11.1.